The van der Waals surface area contributed by atoms with Gasteiger partial charge >= 0.3 is 0 Å². The number of H-pyrrole nitrogens is 1. The Morgan fingerprint density at radius 1 is 1.27 bits per heavy atom. The van der Waals surface area contributed by atoms with Gasteiger partial charge in [-0.25, -0.2) is 0 Å². The standard InChI is InChI=1S/C19H23ClN4O2/c1-26-17-10-13(20)4-5-15(17)19(25)21-14-6-8-24(9-7-14)18-11-16(22-23-18)12-2-3-12/h4-5,10-12,14H,2-3,6-9H2,1H3,(H,21,25)(H,22,23). The number of methoxy groups -OCH3 is 1. The van der Waals surface area contributed by atoms with E-state index in [9.17, 15) is 4.79 Å². The van der Waals surface area contributed by atoms with E-state index in [1.807, 2.05) is 0 Å². The fourth-order valence-corrected chi connectivity index (χ4v) is 3.62. The van der Waals surface area contributed by atoms with Crippen molar-refractivity contribution in [1.29, 1.82) is 0 Å². The number of carbonyl (C=O) groups excluding carboxylic acids is 1. The molecule has 1 aromatic carbocycles. The minimum atomic E-state index is -0.118. The molecule has 6 nitrogen and oxygen atoms in total. The fourth-order valence-electron chi connectivity index (χ4n) is 3.46. The minimum absolute atomic E-state index is 0.118. The number of hydrogen-bond donors (Lipinski definition) is 2. The second kappa shape index (κ2) is 7.19. The first-order valence-corrected chi connectivity index (χ1v) is 9.46. The van der Waals surface area contributed by atoms with Crippen molar-refractivity contribution in [2.75, 3.05) is 25.1 Å². The van der Waals surface area contributed by atoms with Crippen molar-refractivity contribution < 1.29 is 9.53 Å². The van der Waals surface area contributed by atoms with Gasteiger partial charge in [-0.15, -0.1) is 0 Å². The summed E-state index contributed by atoms with van der Waals surface area (Å²) in [5.41, 5.74) is 1.77. The summed E-state index contributed by atoms with van der Waals surface area (Å²) < 4.78 is 5.27. The van der Waals surface area contributed by atoms with Crippen LogP contribution in [0.15, 0.2) is 24.3 Å². The molecule has 1 aliphatic heterocycles. The van der Waals surface area contributed by atoms with Crippen LogP contribution >= 0.6 is 11.6 Å². The number of carbonyl (C=O) groups is 1. The molecule has 2 aromatic rings. The predicted octanol–water partition coefficient (Wildman–Crippen LogP) is 3.35. The van der Waals surface area contributed by atoms with E-state index in [1.54, 1.807) is 25.3 Å². The lowest BCUT2D eigenvalue weighted by molar-refractivity contribution is 0.0928. The zero-order chi connectivity index (χ0) is 18.1. The number of piperidine rings is 1. The minimum Gasteiger partial charge on any atom is -0.496 e. The molecule has 0 spiro atoms. The Labute approximate surface area is 157 Å². The highest BCUT2D eigenvalue weighted by atomic mass is 35.5. The molecular formula is C19H23ClN4O2. The summed E-state index contributed by atoms with van der Waals surface area (Å²) in [6, 6.07) is 7.40. The number of benzene rings is 1. The highest BCUT2D eigenvalue weighted by molar-refractivity contribution is 6.30. The van der Waals surface area contributed by atoms with Gasteiger partial charge < -0.3 is 15.0 Å². The van der Waals surface area contributed by atoms with Crippen LogP contribution in [0.5, 0.6) is 5.75 Å². The summed E-state index contributed by atoms with van der Waals surface area (Å²) in [7, 11) is 1.54. The molecule has 0 bridgehead atoms. The molecule has 2 fully saturated rings. The summed E-state index contributed by atoms with van der Waals surface area (Å²) >= 11 is 5.97. The lowest BCUT2D eigenvalue weighted by atomic mass is 10.0. The molecule has 2 N–H and O–H groups in total. The lowest BCUT2D eigenvalue weighted by Crippen LogP contribution is -2.44. The lowest BCUT2D eigenvalue weighted by Gasteiger charge is -2.32. The van der Waals surface area contributed by atoms with Crippen molar-refractivity contribution in [1.82, 2.24) is 15.5 Å². The normalized spacial score (nSPS) is 18.0. The molecule has 0 radical (unpaired) electrons. The number of rotatable bonds is 5. The average Bonchev–Trinajstić information content (AvgIpc) is 3.39. The summed E-state index contributed by atoms with van der Waals surface area (Å²) in [5, 5.41) is 11.3. The molecule has 1 saturated heterocycles. The van der Waals surface area contributed by atoms with E-state index in [2.05, 4.69) is 26.5 Å². The molecular weight excluding hydrogens is 352 g/mol. The monoisotopic (exact) mass is 374 g/mol. The molecule has 2 heterocycles. The zero-order valence-electron chi connectivity index (χ0n) is 14.8. The number of halogens is 1. The smallest absolute Gasteiger partial charge is 0.255 e. The number of anilines is 1. The molecule has 1 aliphatic carbocycles. The molecule has 1 saturated carbocycles. The van der Waals surface area contributed by atoms with Gasteiger partial charge in [0.2, 0.25) is 0 Å². The maximum absolute atomic E-state index is 12.6. The zero-order valence-corrected chi connectivity index (χ0v) is 15.6. The number of hydrogen-bond acceptors (Lipinski definition) is 4. The number of nitrogens with zero attached hydrogens (tertiary/aromatic N) is 2. The van der Waals surface area contributed by atoms with Gasteiger partial charge in [0, 0.05) is 41.8 Å². The third kappa shape index (κ3) is 3.65. The summed E-state index contributed by atoms with van der Waals surface area (Å²) in [4.78, 5) is 14.9. The third-order valence-electron chi connectivity index (χ3n) is 5.16. The van der Waals surface area contributed by atoms with E-state index < -0.39 is 0 Å². The van der Waals surface area contributed by atoms with Crippen molar-refractivity contribution in [2.24, 2.45) is 0 Å². The van der Waals surface area contributed by atoms with Crippen LogP contribution in [0.2, 0.25) is 5.02 Å². The number of ether oxygens (including phenoxy) is 1. The van der Waals surface area contributed by atoms with Gasteiger partial charge in [0.1, 0.15) is 5.75 Å². The van der Waals surface area contributed by atoms with Crippen LogP contribution in [-0.4, -0.2) is 42.3 Å². The SMILES string of the molecule is COc1cc(Cl)ccc1C(=O)NC1CCN(c2cc(C3CC3)[nH]n2)CC1. The molecule has 2 aliphatic rings. The molecule has 1 aromatic heterocycles. The number of aromatic nitrogens is 2. The Balaban J connectivity index is 1.34. The van der Waals surface area contributed by atoms with Gasteiger partial charge in [-0.2, -0.15) is 5.10 Å². The topological polar surface area (TPSA) is 70.2 Å². The van der Waals surface area contributed by atoms with Gasteiger partial charge in [0.05, 0.1) is 12.7 Å². The molecule has 0 unspecified atom stereocenters. The largest absolute Gasteiger partial charge is 0.496 e. The van der Waals surface area contributed by atoms with Gasteiger partial charge in [-0.1, -0.05) is 11.6 Å². The first kappa shape index (κ1) is 17.2. The number of nitrogens with one attached hydrogen (secondary N) is 2. The molecule has 0 atom stereocenters. The average molecular weight is 375 g/mol. The van der Waals surface area contributed by atoms with Crippen LogP contribution in [0, 0.1) is 0 Å². The Kier molecular flexibility index (Phi) is 4.76. The molecule has 1 amide bonds. The number of aromatic amines is 1. The van der Waals surface area contributed by atoms with Gasteiger partial charge in [0.25, 0.3) is 5.91 Å². The Morgan fingerprint density at radius 3 is 2.73 bits per heavy atom. The summed E-state index contributed by atoms with van der Waals surface area (Å²) in [6.45, 7) is 1.77. The Morgan fingerprint density at radius 2 is 2.04 bits per heavy atom. The fraction of sp³-hybridized carbons (Fsp3) is 0.474. The second-order valence-electron chi connectivity index (χ2n) is 7.04. The summed E-state index contributed by atoms with van der Waals surface area (Å²) in [6.07, 6.45) is 4.33. The summed E-state index contributed by atoms with van der Waals surface area (Å²) in [5.74, 6) is 2.09. The van der Waals surface area contributed by atoms with Crippen LogP contribution < -0.4 is 15.0 Å². The highest BCUT2D eigenvalue weighted by Gasteiger charge is 2.28. The van der Waals surface area contributed by atoms with Gasteiger partial charge in [0.15, 0.2) is 5.82 Å². The molecule has 26 heavy (non-hydrogen) atoms. The molecule has 7 heteroatoms. The quantitative estimate of drug-likeness (QED) is 0.842. The third-order valence-corrected chi connectivity index (χ3v) is 5.40. The van der Waals surface area contributed by atoms with Crippen LogP contribution in [0.25, 0.3) is 0 Å². The van der Waals surface area contributed by atoms with E-state index in [1.165, 1.54) is 18.5 Å². The van der Waals surface area contributed by atoms with E-state index in [-0.39, 0.29) is 11.9 Å². The molecule has 138 valence electrons. The van der Waals surface area contributed by atoms with Gasteiger partial charge in [-0.3, -0.25) is 9.89 Å². The highest BCUT2D eigenvalue weighted by Crippen LogP contribution is 2.40. The van der Waals surface area contributed by atoms with Crippen molar-refractivity contribution in [3.05, 3.63) is 40.5 Å². The maximum Gasteiger partial charge on any atom is 0.255 e. The van der Waals surface area contributed by atoms with Crippen molar-refractivity contribution in [2.45, 2.75) is 37.6 Å². The first-order valence-electron chi connectivity index (χ1n) is 9.08. The van der Waals surface area contributed by atoms with Crippen LogP contribution in [0.1, 0.15) is 47.7 Å². The molecule has 4 rings (SSSR count). The van der Waals surface area contributed by atoms with Crippen molar-refractivity contribution in [3.63, 3.8) is 0 Å². The number of amides is 1. The van der Waals surface area contributed by atoms with Crippen molar-refractivity contribution >= 4 is 23.3 Å². The predicted molar refractivity (Wildman–Crippen MR) is 101 cm³/mol. The Hall–Kier alpha value is -2.21. The van der Waals surface area contributed by atoms with E-state index in [0.717, 1.165) is 31.7 Å². The van der Waals surface area contributed by atoms with Crippen molar-refractivity contribution in [3.8, 4) is 5.75 Å². The van der Waals surface area contributed by atoms with Crippen LogP contribution in [0.4, 0.5) is 5.82 Å². The van der Waals surface area contributed by atoms with Gasteiger partial charge in [-0.05, 0) is 43.9 Å². The maximum atomic E-state index is 12.6. The van der Waals surface area contributed by atoms with E-state index >= 15 is 0 Å². The van der Waals surface area contributed by atoms with E-state index in [4.69, 9.17) is 16.3 Å². The second-order valence-corrected chi connectivity index (χ2v) is 7.47. The van der Waals surface area contributed by atoms with E-state index in [0.29, 0.717) is 22.3 Å². The van der Waals surface area contributed by atoms with Crippen LogP contribution in [-0.2, 0) is 0 Å². The van der Waals surface area contributed by atoms with Crippen LogP contribution in [0.3, 0.4) is 0 Å². The first-order chi connectivity index (χ1) is 12.6. The Bertz CT molecular complexity index is 795.